The van der Waals surface area contributed by atoms with E-state index in [0.29, 0.717) is 40.3 Å². The molecule has 1 saturated carbocycles. The highest BCUT2D eigenvalue weighted by Gasteiger charge is 2.41. The molecule has 1 aliphatic carbocycles. The van der Waals surface area contributed by atoms with Crippen LogP contribution in [0.4, 0.5) is 23.4 Å². The van der Waals surface area contributed by atoms with Crippen molar-refractivity contribution < 1.29 is 27.1 Å². The van der Waals surface area contributed by atoms with E-state index in [2.05, 4.69) is 20.4 Å². The first-order valence-electron chi connectivity index (χ1n) is 10.1. The van der Waals surface area contributed by atoms with E-state index < -0.39 is 19.0 Å². The van der Waals surface area contributed by atoms with Gasteiger partial charge >= 0.3 is 12.3 Å². The van der Waals surface area contributed by atoms with Crippen LogP contribution >= 0.6 is 0 Å². The molecule has 0 spiro atoms. The number of rotatable bonds is 9. The lowest BCUT2D eigenvalue weighted by atomic mass is 10.2. The third-order valence-corrected chi connectivity index (χ3v) is 5.09. The molecule has 3 heterocycles. The molecule has 3 aromatic heterocycles. The van der Waals surface area contributed by atoms with Gasteiger partial charge in [0, 0.05) is 18.8 Å². The van der Waals surface area contributed by atoms with Gasteiger partial charge in [-0.15, -0.1) is 0 Å². The fourth-order valence-electron chi connectivity index (χ4n) is 3.18. The Labute approximate surface area is 180 Å². The number of anilines is 1. The number of hydrogen-bond acceptors (Lipinski definition) is 5. The van der Waals surface area contributed by atoms with Crippen LogP contribution < -0.4 is 10.1 Å². The SMILES string of the molecule is Cc1cc(Cn2cc3c(NC(=O)CC4CC4)nccc3n2)ncc1OCC(F)(F)C(F)F. The van der Waals surface area contributed by atoms with Crippen LogP contribution in [0.25, 0.3) is 10.9 Å². The van der Waals surface area contributed by atoms with Crippen molar-refractivity contribution in [1.29, 1.82) is 0 Å². The van der Waals surface area contributed by atoms with Crippen LogP contribution in [-0.4, -0.2) is 44.6 Å². The van der Waals surface area contributed by atoms with Crippen molar-refractivity contribution in [3.8, 4) is 5.75 Å². The summed E-state index contributed by atoms with van der Waals surface area (Å²) in [5, 5.41) is 7.98. The summed E-state index contributed by atoms with van der Waals surface area (Å²) < 4.78 is 57.2. The Kier molecular flexibility index (Phi) is 5.98. The lowest BCUT2D eigenvalue weighted by Crippen LogP contribution is -2.33. The zero-order valence-electron chi connectivity index (χ0n) is 17.2. The van der Waals surface area contributed by atoms with Crippen molar-refractivity contribution in [2.75, 3.05) is 11.9 Å². The second kappa shape index (κ2) is 8.71. The molecular weight excluding hydrogens is 430 g/mol. The van der Waals surface area contributed by atoms with Crippen LogP contribution in [-0.2, 0) is 11.3 Å². The fourth-order valence-corrected chi connectivity index (χ4v) is 3.18. The second-order valence-corrected chi connectivity index (χ2v) is 7.91. The first-order valence-corrected chi connectivity index (χ1v) is 10.1. The van der Waals surface area contributed by atoms with Gasteiger partial charge in [-0.3, -0.25) is 14.5 Å². The zero-order valence-corrected chi connectivity index (χ0v) is 17.2. The molecule has 0 bridgehead atoms. The molecule has 32 heavy (non-hydrogen) atoms. The number of carbonyl (C=O) groups excluding carboxylic acids is 1. The number of alkyl halides is 4. The third-order valence-electron chi connectivity index (χ3n) is 5.09. The van der Waals surface area contributed by atoms with Gasteiger partial charge in [-0.2, -0.15) is 13.9 Å². The molecule has 11 heteroatoms. The lowest BCUT2D eigenvalue weighted by molar-refractivity contribution is -0.148. The van der Waals surface area contributed by atoms with Crippen molar-refractivity contribution in [1.82, 2.24) is 19.7 Å². The number of aromatic nitrogens is 4. The van der Waals surface area contributed by atoms with Gasteiger partial charge in [-0.05, 0) is 43.4 Å². The maximum atomic E-state index is 13.1. The van der Waals surface area contributed by atoms with Gasteiger partial charge < -0.3 is 10.1 Å². The number of aryl methyl sites for hydroxylation is 1. The van der Waals surface area contributed by atoms with E-state index in [1.807, 2.05) is 0 Å². The third kappa shape index (κ3) is 5.14. The van der Waals surface area contributed by atoms with Crippen LogP contribution in [0.2, 0.25) is 0 Å². The van der Waals surface area contributed by atoms with E-state index in [4.69, 9.17) is 4.74 Å². The average Bonchev–Trinajstić information content (AvgIpc) is 3.43. The average molecular weight is 451 g/mol. The number of ether oxygens (including phenoxy) is 1. The Morgan fingerprint density at radius 1 is 1.34 bits per heavy atom. The zero-order chi connectivity index (χ0) is 22.9. The van der Waals surface area contributed by atoms with Crippen molar-refractivity contribution >= 4 is 22.6 Å². The standard InChI is InChI=1S/C21H21F4N5O2/c1-12-6-14(27-8-17(12)32-11-21(24,25)20(22)23)9-30-10-15-16(29-30)4-5-26-19(15)28-18(31)7-13-2-3-13/h4-6,8,10,13,20H,2-3,7,9,11H2,1H3,(H,26,28,31). The Morgan fingerprint density at radius 2 is 2.12 bits per heavy atom. The highest BCUT2D eigenvalue weighted by atomic mass is 19.3. The molecule has 1 amide bonds. The van der Waals surface area contributed by atoms with Crippen molar-refractivity contribution in [2.24, 2.45) is 5.92 Å². The first-order chi connectivity index (χ1) is 15.2. The summed E-state index contributed by atoms with van der Waals surface area (Å²) in [7, 11) is 0. The molecule has 7 nitrogen and oxygen atoms in total. The Bertz CT molecular complexity index is 1130. The van der Waals surface area contributed by atoms with Crippen molar-refractivity contribution in [3.63, 3.8) is 0 Å². The highest BCUT2D eigenvalue weighted by Crippen LogP contribution is 2.33. The molecule has 0 saturated heterocycles. The molecule has 0 aromatic carbocycles. The molecule has 0 atom stereocenters. The Morgan fingerprint density at radius 3 is 2.81 bits per heavy atom. The lowest BCUT2D eigenvalue weighted by Gasteiger charge is -2.17. The predicted octanol–water partition coefficient (Wildman–Crippen LogP) is 4.20. The number of carbonyl (C=O) groups is 1. The number of halogens is 4. The number of amides is 1. The van der Waals surface area contributed by atoms with Crippen molar-refractivity contribution in [2.45, 2.75) is 45.1 Å². The van der Waals surface area contributed by atoms with Gasteiger partial charge in [-0.1, -0.05) is 0 Å². The summed E-state index contributed by atoms with van der Waals surface area (Å²) in [5.74, 6) is -3.41. The normalized spacial score (nSPS) is 14.2. The first kappa shape index (κ1) is 22.0. The van der Waals surface area contributed by atoms with Gasteiger partial charge in [-0.25, -0.2) is 13.8 Å². The Balaban J connectivity index is 1.45. The monoisotopic (exact) mass is 451 g/mol. The van der Waals surface area contributed by atoms with Crippen LogP contribution in [0.3, 0.4) is 0 Å². The van der Waals surface area contributed by atoms with Crippen LogP contribution in [0, 0.1) is 12.8 Å². The summed E-state index contributed by atoms with van der Waals surface area (Å²) in [4.78, 5) is 20.5. The van der Waals surface area contributed by atoms with E-state index in [0.717, 1.165) is 12.8 Å². The number of fused-ring (bicyclic) bond motifs is 1. The minimum Gasteiger partial charge on any atom is -0.485 e. The smallest absolute Gasteiger partial charge is 0.340 e. The summed E-state index contributed by atoms with van der Waals surface area (Å²) in [6.07, 6.45) is 3.35. The maximum Gasteiger partial charge on any atom is 0.340 e. The Hall–Kier alpha value is -3.24. The quantitative estimate of drug-likeness (QED) is 0.493. The van der Waals surface area contributed by atoms with Crippen LogP contribution in [0.5, 0.6) is 5.75 Å². The molecule has 0 unspecified atom stereocenters. The molecule has 170 valence electrons. The van der Waals surface area contributed by atoms with Crippen LogP contribution in [0.1, 0.15) is 30.5 Å². The van der Waals surface area contributed by atoms with Gasteiger partial charge in [0.2, 0.25) is 5.91 Å². The minimum absolute atomic E-state index is 0.00422. The van der Waals surface area contributed by atoms with Crippen molar-refractivity contribution in [3.05, 3.63) is 42.0 Å². The number of nitrogens with zero attached hydrogens (tertiary/aromatic N) is 4. The summed E-state index contributed by atoms with van der Waals surface area (Å²) in [6, 6.07) is 3.33. The summed E-state index contributed by atoms with van der Waals surface area (Å²) in [6.45, 7) is 0.440. The summed E-state index contributed by atoms with van der Waals surface area (Å²) in [5.41, 5.74) is 1.69. The van der Waals surface area contributed by atoms with E-state index >= 15 is 0 Å². The minimum atomic E-state index is -4.24. The molecular formula is C21H21F4N5O2. The molecule has 1 fully saturated rings. The van der Waals surface area contributed by atoms with E-state index in [1.54, 1.807) is 36.1 Å². The van der Waals surface area contributed by atoms with E-state index in [9.17, 15) is 22.4 Å². The maximum absolute atomic E-state index is 13.1. The van der Waals surface area contributed by atoms with E-state index in [-0.39, 0.29) is 18.2 Å². The van der Waals surface area contributed by atoms with Gasteiger partial charge in [0.1, 0.15) is 11.6 Å². The molecule has 3 aromatic rings. The predicted molar refractivity (Wildman–Crippen MR) is 108 cm³/mol. The number of hydrogen-bond donors (Lipinski definition) is 1. The molecule has 4 rings (SSSR count). The van der Waals surface area contributed by atoms with E-state index in [1.165, 1.54) is 6.20 Å². The molecule has 1 aliphatic rings. The largest absolute Gasteiger partial charge is 0.485 e. The number of nitrogens with one attached hydrogen (secondary N) is 1. The number of pyridine rings is 2. The fraction of sp³-hybridized carbons (Fsp3) is 0.429. The van der Waals surface area contributed by atoms with Gasteiger partial charge in [0.15, 0.2) is 6.61 Å². The van der Waals surface area contributed by atoms with Gasteiger partial charge in [0.05, 0.1) is 29.3 Å². The van der Waals surface area contributed by atoms with Crippen LogP contribution in [0.15, 0.2) is 30.7 Å². The topological polar surface area (TPSA) is 81.9 Å². The molecule has 0 radical (unpaired) electrons. The molecule has 1 N–H and O–H groups in total. The highest BCUT2D eigenvalue weighted by molar-refractivity contribution is 5.99. The van der Waals surface area contributed by atoms with Gasteiger partial charge in [0.25, 0.3) is 0 Å². The summed E-state index contributed by atoms with van der Waals surface area (Å²) >= 11 is 0. The second-order valence-electron chi connectivity index (χ2n) is 7.91. The molecule has 0 aliphatic heterocycles.